The Morgan fingerprint density at radius 1 is 1.21 bits per heavy atom. The highest BCUT2D eigenvalue weighted by atomic mass is 16.5. The van der Waals surface area contributed by atoms with Gasteiger partial charge in [-0.1, -0.05) is 0 Å². The van der Waals surface area contributed by atoms with Crippen LogP contribution >= 0.6 is 0 Å². The molecule has 1 saturated heterocycles. The molecule has 3 aromatic rings. The minimum atomic E-state index is -0.275. The van der Waals surface area contributed by atoms with Gasteiger partial charge < -0.3 is 14.6 Å². The number of hydrogen-bond acceptors (Lipinski definition) is 5. The van der Waals surface area contributed by atoms with Gasteiger partial charge in [-0.3, -0.25) is 4.79 Å². The standard InChI is InChI=1S/C20H26N6O2/c1-20(2,3)26-18(22-23-24-26)17(25-9-5-6-10-25)15-12-13-11-14(28-4)7-8-16(13)21-19(15)27/h7-8,11-12,17H,5-6,9-10H2,1-4H3,(H,21,27)/p+1/t17-/m1/s1. The van der Waals surface area contributed by atoms with Crippen molar-refractivity contribution in [2.24, 2.45) is 0 Å². The van der Waals surface area contributed by atoms with E-state index in [1.54, 1.807) is 7.11 Å². The van der Waals surface area contributed by atoms with E-state index in [0.717, 1.165) is 48.4 Å². The average Bonchev–Trinajstić information content (AvgIpc) is 3.34. The van der Waals surface area contributed by atoms with Gasteiger partial charge in [0.15, 0.2) is 6.04 Å². The Labute approximate surface area is 163 Å². The smallest absolute Gasteiger partial charge is 0.258 e. The van der Waals surface area contributed by atoms with Gasteiger partial charge in [0, 0.05) is 23.7 Å². The van der Waals surface area contributed by atoms with E-state index in [1.165, 1.54) is 4.90 Å². The fraction of sp³-hybridized carbons (Fsp3) is 0.500. The quantitative estimate of drug-likeness (QED) is 0.703. The third-order valence-corrected chi connectivity index (χ3v) is 5.43. The molecule has 3 heterocycles. The molecule has 8 nitrogen and oxygen atoms in total. The summed E-state index contributed by atoms with van der Waals surface area (Å²) >= 11 is 0. The molecule has 0 amide bonds. The third-order valence-electron chi connectivity index (χ3n) is 5.43. The molecule has 0 bridgehead atoms. The summed E-state index contributed by atoms with van der Waals surface area (Å²) in [5.74, 6) is 1.49. The molecule has 0 aliphatic carbocycles. The van der Waals surface area contributed by atoms with Crippen molar-refractivity contribution < 1.29 is 9.64 Å². The van der Waals surface area contributed by atoms with Crippen molar-refractivity contribution in [3.63, 3.8) is 0 Å². The summed E-state index contributed by atoms with van der Waals surface area (Å²) in [6.45, 7) is 8.20. The number of H-pyrrole nitrogens is 1. The molecular weight excluding hydrogens is 356 g/mol. The molecule has 28 heavy (non-hydrogen) atoms. The number of fused-ring (bicyclic) bond motifs is 1. The van der Waals surface area contributed by atoms with Crippen LogP contribution in [0, 0.1) is 0 Å². The van der Waals surface area contributed by atoms with Gasteiger partial charge in [-0.15, -0.1) is 5.10 Å². The Morgan fingerprint density at radius 3 is 2.64 bits per heavy atom. The Bertz CT molecular complexity index is 1040. The second-order valence-electron chi connectivity index (χ2n) is 8.43. The first kappa shape index (κ1) is 18.6. The van der Waals surface area contributed by atoms with E-state index < -0.39 is 0 Å². The average molecular weight is 383 g/mol. The molecule has 1 aliphatic rings. The number of aromatic amines is 1. The number of methoxy groups -OCH3 is 1. The molecule has 148 valence electrons. The zero-order valence-corrected chi connectivity index (χ0v) is 16.8. The lowest BCUT2D eigenvalue weighted by Gasteiger charge is -2.27. The summed E-state index contributed by atoms with van der Waals surface area (Å²) in [4.78, 5) is 17.4. The van der Waals surface area contributed by atoms with Crippen molar-refractivity contribution in [3.8, 4) is 5.75 Å². The van der Waals surface area contributed by atoms with Crippen molar-refractivity contribution in [1.82, 2.24) is 25.2 Å². The normalized spacial score (nSPS) is 16.6. The van der Waals surface area contributed by atoms with E-state index in [4.69, 9.17) is 4.74 Å². The van der Waals surface area contributed by atoms with E-state index in [1.807, 2.05) is 28.9 Å². The Kier molecular flexibility index (Phi) is 4.66. The number of quaternary nitrogens is 1. The van der Waals surface area contributed by atoms with Crippen LogP contribution in [0.1, 0.15) is 51.0 Å². The number of rotatable bonds is 4. The van der Waals surface area contributed by atoms with Crippen LogP contribution in [0.3, 0.4) is 0 Å². The molecule has 2 aromatic heterocycles. The fourth-order valence-corrected chi connectivity index (χ4v) is 4.05. The molecule has 1 atom stereocenters. The van der Waals surface area contributed by atoms with Crippen LogP contribution in [-0.4, -0.2) is 45.4 Å². The molecule has 2 N–H and O–H groups in total. The van der Waals surface area contributed by atoms with E-state index in [2.05, 4.69) is 41.3 Å². The first-order valence-electron chi connectivity index (χ1n) is 9.73. The van der Waals surface area contributed by atoms with Gasteiger partial charge in [0.2, 0.25) is 5.82 Å². The van der Waals surface area contributed by atoms with Gasteiger partial charge in [-0.05, 0) is 55.5 Å². The van der Waals surface area contributed by atoms with Gasteiger partial charge in [0.1, 0.15) is 5.75 Å². The molecule has 1 aliphatic heterocycles. The summed E-state index contributed by atoms with van der Waals surface area (Å²) in [6.07, 6.45) is 2.28. The fourth-order valence-electron chi connectivity index (χ4n) is 4.05. The molecular formula is C20H27N6O2+. The number of likely N-dealkylation sites (tertiary alicyclic amines) is 1. The topological polar surface area (TPSA) is 90.1 Å². The molecule has 0 radical (unpaired) electrons. The first-order valence-corrected chi connectivity index (χ1v) is 9.73. The van der Waals surface area contributed by atoms with Gasteiger partial charge in [-0.2, -0.15) is 0 Å². The van der Waals surface area contributed by atoms with Crippen molar-refractivity contribution in [1.29, 1.82) is 0 Å². The second kappa shape index (κ2) is 7.01. The molecule has 0 saturated carbocycles. The minimum Gasteiger partial charge on any atom is -0.497 e. The second-order valence-corrected chi connectivity index (χ2v) is 8.43. The van der Waals surface area contributed by atoms with Crippen LogP contribution in [-0.2, 0) is 5.54 Å². The predicted octanol–water partition coefficient (Wildman–Crippen LogP) is 1.05. The van der Waals surface area contributed by atoms with Gasteiger partial charge in [0.05, 0.1) is 31.3 Å². The Balaban J connectivity index is 1.91. The molecule has 1 aromatic carbocycles. The first-order chi connectivity index (χ1) is 13.4. The summed E-state index contributed by atoms with van der Waals surface area (Å²) in [7, 11) is 1.64. The zero-order chi connectivity index (χ0) is 19.9. The van der Waals surface area contributed by atoms with Crippen LogP contribution in [0.5, 0.6) is 5.75 Å². The highest BCUT2D eigenvalue weighted by Crippen LogP contribution is 2.24. The van der Waals surface area contributed by atoms with Crippen LogP contribution in [0.15, 0.2) is 29.1 Å². The molecule has 4 rings (SSSR count). The molecule has 0 unspecified atom stereocenters. The molecule has 8 heteroatoms. The number of pyridine rings is 1. The highest BCUT2D eigenvalue weighted by Gasteiger charge is 2.37. The van der Waals surface area contributed by atoms with Crippen molar-refractivity contribution in [3.05, 3.63) is 46.0 Å². The monoisotopic (exact) mass is 383 g/mol. The Hall–Kier alpha value is -2.74. The maximum absolute atomic E-state index is 13.1. The lowest BCUT2D eigenvalue weighted by atomic mass is 10.0. The highest BCUT2D eigenvalue weighted by molar-refractivity contribution is 5.80. The van der Waals surface area contributed by atoms with Crippen molar-refractivity contribution in [2.45, 2.75) is 45.2 Å². The van der Waals surface area contributed by atoms with Gasteiger partial charge in [0.25, 0.3) is 5.56 Å². The van der Waals surface area contributed by atoms with E-state index in [9.17, 15) is 4.79 Å². The van der Waals surface area contributed by atoms with Crippen molar-refractivity contribution >= 4 is 10.9 Å². The largest absolute Gasteiger partial charge is 0.497 e. The van der Waals surface area contributed by atoms with Crippen LogP contribution < -0.4 is 15.2 Å². The van der Waals surface area contributed by atoms with Gasteiger partial charge in [-0.25, -0.2) is 4.68 Å². The summed E-state index contributed by atoms with van der Waals surface area (Å²) in [5.41, 5.74) is 1.12. The number of nitrogens with zero attached hydrogens (tertiary/aromatic N) is 4. The lowest BCUT2D eigenvalue weighted by Crippen LogP contribution is -3.10. The van der Waals surface area contributed by atoms with E-state index >= 15 is 0 Å². The molecule has 1 fully saturated rings. The zero-order valence-electron chi connectivity index (χ0n) is 16.8. The van der Waals surface area contributed by atoms with Crippen LogP contribution in [0.2, 0.25) is 0 Å². The van der Waals surface area contributed by atoms with Crippen molar-refractivity contribution in [2.75, 3.05) is 20.2 Å². The Morgan fingerprint density at radius 2 is 1.96 bits per heavy atom. The summed E-state index contributed by atoms with van der Waals surface area (Å²) < 4.78 is 7.20. The number of nitrogens with one attached hydrogen (secondary N) is 2. The lowest BCUT2D eigenvalue weighted by molar-refractivity contribution is -0.914. The maximum Gasteiger partial charge on any atom is 0.258 e. The summed E-state index contributed by atoms with van der Waals surface area (Å²) in [6, 6.07) is 7.42. The SMILES string of the molecule is COc1ccc2[nH]c(=O)c([C@H](c3nnnn3C(C)(C)C)[NH+]3CCCC3)cc2c1. The number of tetrazole rings is 1. The minimum absolute atomic E-state index is 0.0921. The number of aromatic nitrogens is 5. The van der Waals surface area contributed by atoms with E-state index in [0.29, 0.717) is 5.56 Å². The van der Waals surface area contributed by atoms with Crippen LogP contribution in [0.4, 0.5) is 0 Å². The third kappa shape index (κ3) is 3.28. The molecule has 0 spiro atoms. The summed E-state index contributed by atoms with van der Waals surface area (Å²) in [5, 5.41) is 13.5. The maximum atomic E-state index is 13.1. The number of benzene rings is 1. The van der Waals surface area contributed by atoms with E-state index in [-0.39, 0.29) is 17.1 Å². The number of ether oxygens (including phenoxy) is 1. The van der Waals surface area contributed by atoms with Crippen LogP contribution in [0.25, 0.3) is 10.9 Å². The van der Waals surface area contributed by atoms with Gasteiger partial charge >= 0.3 is 0 Å². The predicted molar refractivity (Wildman–Crippen MR) is 106 cm³/mol. The number of hydrogen-bond donors (Lipinski definition) is 2.